The number of nitrogens with zero attached hydrogens (tertiary/aromatic N) is 3. The summed E-state index contributed by atoms with van der Waals surface area (Å²) in [5.74, 6) is 0.0768. The highest BCUT2D eigenvalue weighted by atomic mass is 16.7. The van der Waals surface area contributed by atoms with E-state index in [9.17, 15) is 4.79 Å². The Morgan fingerprint density at radius 3 is 2.64 bits per heavy atom. The molecule has 1 aromatic carbocycles. The van der Waals surface area contributed by atoms with Crippen LogP contribution in [0.1, 0.15) is 37.8 Å². The maximum Gasteiger partial charge on any atom is 0.273 e. The minimum atomic E-state index is -0.233. The molecule has 150 valence electrons. The smallest absolute Gasteiger partial charge is 0.273 e. The molecular formula is C21H29N5O2. The van der Waals surface area contributed by atoms with Gasteiger partial charge in [0.15, 0.2) is 0 Å². The molecule has 0 saturated heterocycles. The number of amidine groups is 1. The van der Waals surface area contributed by atoms with Crippen LogP contribution in [0.3, 0.4) is 0 Å². The largest absolute Gasteiger partial charge is 0.403 e. The van der Waals surface area contributed by atoms with Crippen LogP contribution < -0.4 is 11.5 Å². The number of nitrogens with two attached hydrogens (primary N) is 2. The molecule has 1 aliphatic heterocycles. The fourth-order valence-electron chi connectivity index (χ4n) is 2.74. The molecule has 0 aliphatic carbocycles. The molecule has 0 bridgehead atoms. The van der Waals surface area contributed by atoms with Crippen molar-refractivity contribution in [3.05, 3.63) is 58.9 Å². The van der Waals surface area contributed by atoms with Gasteiger partial charge in [0.2, 0.25) is 0 Å². The van der Waals surface area contributed by atoms with E-state index in [1.807, 2.05) is 45.0 Å². The van der Waals surface area contributed by atoms with Crippen molar-refractivity contribution in [1.82, 2.24) is 5.06 Å². The lowest BCUT2D eigenvalue weighted by Crippen LogP contribution is -2.34. The molecule has 0 unspecified atom stereocenters. The summed E-state index contributed by atoms with van der Waals surface area (Å²) in [6, 6.07) is 8.11. The van der Waals surface area contributed by atoms with Gasteiger partial charge in [-0.05, 0) is 31.9 Å². The second kappa shape index (κ2) is 10.4. The van der Waals surface area contributed by atoms with E-state index in [0.717, 1.165) is 12.0 Å². The first-order chi connectivity index (χ1) is 13.5. The number of hydrogen-bond donors (Lipinski definition) is 2. The van der Waals surface area contributed by atoms with E-state index in [-0.39, 0.29) is 12.3 Å². The van der Waals surface area contributed by atoms with Gasteiger partial charge in [0.1, 0.15) is 11.5 Å². The summed E-state index contributed by atoms with van der Waals surface area (Å²) in [6.07, 6.45) is 4.06. The lowest BCUT2D eigenvalue weighted by atomic mass is 10.1. The standard InChI is InChI=1S/C21H29N5O2/c1-4-10-26(28-5-2)21(27)17-11-18(19(13-22)25-20(23)12-17)24-14-16-8-6-15(3)7-9-16/h6-9,11,13H,4-5,10,12,14,22H2,1-3H3,(H2,23,25)/b19-13+,24-18?. The maximum absolute atomic E-state index is 12.9. The second-order valence-corrected chi connectivity index (χ2v) is 6.51. The predicted octanol–water partition coefficient (Wildman–Crippen LogP) is 2.61. The number of hydroxylamine groups is 2. The van der Waals surface area contributed by atoms with Gasteiger partial charge in [-0.15, -0.1) is 0 Å². The van der Waals surface area contributed by atoms with Crippen LogP contribution in [0.15, 0.2) is 57.8 Å². The van der Waals surface area contributed by atoms with Crippen molar-refractivity contribution in [1.29, 1.82) is 0 Å². The molecule has 4 N–H and O–H groups in total. The van der Waals surface area contributed by atoms with Gasteiger partial charge in [0.05, 0.1) is 18.9 Å². The molecule has 28 heavy (non-hydrogen) atoms. The molecule has 0 atom stereocenters. The molecule has 2 rings (SSSR count). The fraction of sp³-hybridized carbons (Fsp3) is 0.381. The lowest BCUT2D eigenvalue weighted by Gasteiger charge is -2.21. The summed E-state index contributed by atoms with van der Waals surface area (Å²) in [5, 5.41) is 1.37. The molecule has 1 amide bonds. The number of rotatable bonds is 7. The van der Waals surface area contributed by atoms with Crippen molar-refractivity contribution in [2.45, 2.75) is 40.2 Å². The predicted molar refractivity (Wildman–Crippen MR) is 113 cm³/mol. The molecule has 1 heterocycles. The van der Waals surface area contributed by atoms with Crippen molar-refractivity contribution in [2.75, 3.05) is 13.2 Å². The summed E-state index contributed by atoms with van der Waals surface area (Å²) in [4.78, 5) is 27.4. The highest BCUT2D eigenvalue weighted by molar-refractivity contribution is 6.16. The van der Waals surface area contributed by atoms with Gasteiger partial charge in [0, 0.05) is 24.7 Å². The molecule has 1 aromatic rings. The second-order valence-electron chi connectivity index (χ2n) is 6.51. The Morgan fingerprint density at radius 2 is 2.04 bits per heavy atom. The molecule has 0 spiro atoms. The van der Waals surface area contributed by atoms with Crippen molar-refractivity contribution in [3.63, 3.8) is 0 Å². The normalized spacial score (nSPS) is 17.2. The minimum Gasteiger partial charge on any atom is -0.403 e. The minimum absolute atomic E-state index is 0.215. The van der Waals surface area contributed by atoms with E-state index >= 15 is 0 Å². The summed E-state index contributed by atoms with van der Waals surface area (Å²) >= 11 is 0. The molecule has 1 aliphatic rings. The molecular weight excluding hydrogens is 354 g/mol. The van der Waals surface area contributed by atoms with Crippen LogP contribution in [0.2, 0.25) is 0 Å². The quantitative estimate of drug-likeness (QED) is 0.706. The van der Waals surface area contributed by atoms with Crippen molar-refractivity contribution in [3.8, 4) is 0 Å². The van der Waals surface area contributed by atoms with Crippen LogP contribution in [-0.2, 0) is 16.2 Å². The summed E-state index contributed by atoms with van der Waals surface area (Å²) < 4.78 is 0. The summed E-state index contributed by atoms with van der Waals surface area (Å²) in [6.45, 7) is 7.22. The number of allylic oxidation sites excluding steroid dienone is 1. The number of aryl methyl sites for hydroxylation is 1. The van der Waals surface area contributed by atoms with Gasteiger partial charge in [-0.2, -0.15) is 0 Å². The van der Waals surface area contributed by atoms with E-state index in [1.165, 1.54) is 16.8 Å². The Labute approximate surface area is 166 Å². The van der Waals surface area contributed by atoms with Crippen LogP contribution >= 0.6 is 0 Å². The number of amides is 1. The number of aliphatic imine (C=N–C) groups is 2. The zero-order chi connectivity index (χ0) is 20.5. The maximum atomic E-state index is 12.9. The van der Waals surface area contributed by atoms with Gasteiger partial charge in [-0.3, -0.25) is 14.6 Å². The highest BCUT2D eigenvalue weighted by Gasteiger charge is 2.23. The third-order valence-corrected chi connectivity index (χ3v) is 4.13. The first-order valence-electron chi connectivity index (χ1n) is 9.49. The van der Waals surface area contributed by atoms with Gasteiger partial charge in [-0.25, -0.2) is 10.1 Å². The van der Waals surface area contributed by atoms with Crippen LogP contribution in [0, 0.1) is 6.92 Å². The fourth-order valence-corrected chi connectivity index (χ4v) is 2.74. The topological polar surface area (TPSA) is 106 Å². The average Bonchev–Trinajstić information content (AvgIpc) is 2.85. The first-order valence-corrected chi connectivity index (χ1v) is 9.49. The van der Waals surface area contributed by atoms with E-state index in [1.54, 1.807) is 6.08 Å². The summed E-state index contributed by atoms with van der Waals surface area (Å²) in [5.41, 5.74) is 15.4. The Hall–Kier alpha value is -2.93. The molecule has 0 radical (unpaired) electrons. The van der Waals surface area contributed by atoms with Gasteiger partial charge in [-0.1, -0.05) is 36.8 Å². The lowest BCUT2D eigenvalue weighted by molar-refractivity contribution is -0.180. The van der Waals surface area contributed by atoms with Crippen molar-refractivity contribution >= 4 is 17.5 Å². The third-order valence-electron chi connectivity index (χ3n) is 4.13. The Balaban J connectivity index is 2.36. The Morgan fingerprint density at radius 1 is 1.32 bits per heavy atom. The molecule has 0 saturated carbocycles. The molecule has 0 fully saturated rings. The SMILES string of the molecule is CCCN(OCC)C(=O)C1=CC(=NCc2ccc(C)cc2)/C(=C\N)N=C(N)C1. The first kappa shape index (κ1) is 21.4. The Kier molecular flexibility index (Phi) is 7.95. The van der Waals surface area contributed by atoms with Crippen LogP contribution in [0.5, 0.6) is 0 Å². The van der Waals surface area contributed by atoms with Crippen molar-refractivity contribution in [2.24, 2.45) is 21.5 Å². The van der Waals surface area contributed by atoms with E-state index in [4.69, 9.17) is 16.3 Å². The van der Waals surface area contributed by atoms with Gasteiger partial charge in [0.25, 0.3) is 5.91 Å². The molecule has 7 heteroatoms. The summed E-state index contributed by atoms with van der Waals surface area (Å²) in [7, 11) is 0. The number of benzene rings is 1. The van der Waals surface area contributed by atoms with Crippen LogP contribution in [0.25, 0.3) is 0 Å². The van der Waals surface area contributed by atoms with Crippen molar-refractivity contribution < 1.29 is 9.63 Å². The van der Waals surface area contributed by atoms with Crippen LogP contribution in [-0.4, -0.2) is 35.7 Å². The number of carbonyl (C=O) groups excluding carboxylic acids is 1. The number of carbonyl (C=O) groups is 1. The zero-order valence-corrected chi connectivity index (χ0v) is 16.8. The van der Waals surface area contributed by atoms with E-state index in [2.05, 4.69) is 9.98 Å². The van der Waals surface area contributed by atoms with E-state index < -0.39 is 0 Å². The van der Waals surface area contributed by atoms with Gasteiger partial charge >= 0.3 is 0 Å². The van der Waals surface area contributed by atoms with Gasteiger partial charge < -0.3 is 11.5 Å². The van der Waals surface area contributed by atoms with Crippen LogP contribution in [0.4, 0.5) is 0 Å². The zero-order valence-electron chi connectivity index (χ0n) is 16.8. The Bertz CT molecular complexity index is 801. The molecule has 0 aromatic heterocycles. The molecule has 7 nitrogen and oxygen atoms in total. The third kappa shape index (κ3) is 5.79. The highest BCUT2D eigenvalue weighted by Crippen LogP contribution is 2.17. The average molecular weight is 383 g/mol. The van der Waals surface area contributed by atoms with E-state index in [0.29, 0.717) is 42.5 Å². The number of hydrogen-bond acceptors (Lipinski definition) is 6. The monoisotopic (exact) mass is 383 g/mol.